The Hall–Kier alpha value is -1.00. The molecular formula is C6H9F3N2. The van der Waals surface area contributed by atoms with Gasteiger partial charge in [0.05, 0.1) is 0 Å². The lowest BCUT2D eigenvalue weighted by Gasteiger charge is -2.08. The van der Waals surface area contributed by atoms with E-state index in [1.165, 1.54) is 14.1 Å². The summed E-state index contributed by atoms with van der Waals surface area (Å²) >= 11 is 0. The predicted octanol–water partition coefficient (Wildman–Crippen LogP) is 1.35. The zero-order valence-electron chi connectivity index (χ0n) is 6.24. The van der Waals surface area contributed by atoms with Crippen molar-refractivity contribution in [2.75, 3.05) is 14.1 Å². The molecule has 11 heavy (non-hydrogen) atoms. The van der Waals surface area contributed by atoms with Gasteiger partial charge in [-0.05, 0) is 6.08 Å². The third-order valence-corrected chi connectivity index (χ3v) is 0.965. The van der Waals surface area contributed by atoms with Crippen LogP contribution in [0, 0.1) is 0 Å². The predicted molar refractivity (Wildman–Crippen MR) is 37.6 cm³/mol. The van der Waals surface area contributed by atoms with Crippen molar-refractivity contribution in [2.45, 2.75) is 6.18 Å². The van der Waals surface area contributed by atoms with Crippen LogP contribution in [-0.2, 0) is 0 Å². The van der Waals surface area contributed by atoms with Gasteiger partial charge in [0, 0.05) is 20.3 Å². The summed E-state index contributed by atoms with van der Waals surface area (Å²) in [5.74, 6) is 0. The number of alkyl halides is 3. The standard InChI is InChI=1S/C6H9F3N2/c1-10-4-3-5(11-2)6(7,8)9/h3-4,11H,1-2H3/b5-3-,10-4?. The van der Waals surface area contributed by atoms with E-state index in [2.05, 4.69) is 4.99 Å². The van der Waals surface area contributed by atoms with Crippen molar-refractivity contribution in [2.24, 2.45) is 4.99 Å². The lowest BCUT2D eigenvalue weighted by Crippen LogP contribution is -2.23. The monoisotopic (exact) mass is 166 g/mol. The van der Waals surface area contributed by atoms with Gasteiger partial charge in [-0.1, -0.05) is 0 Å². The van der Waals surface area contributed by atoms with E-state index in [1.807, 2.05) is 5.32 Å². The topological polar surface area (TPSA) is 24.4 Å². The number of rotatable bonds is 2. The average molecular weight is 166 g/mol. The first-order valence-electron chi connectivity index (χ1n) is 2.89. The summed E-state index contributed by atoms with van der Waals surface area (Å²) < 4.78 is 35.6. The second-order valence-electron chi connectivity index (χ2n) is 1.74. The maximum absolute atomic E-state index is 11.9. The number of hydrogen-bond acceptors (Lipinski definition) is 2. The number of hydrogen-bond donors (Lipinski definition) is 1. The van der Waals surface area contributed by atoms with Gasteiger partial charge < -0.3 is 5.32 Å². The van der Waals surface area contributed by atoms with Gasteiger partial charge in [0.2, 0.25) is 0 Å². The Bertz CT molecular complexity index is 169. The highest BCUT2D eigenvalue weighted by Crippen LogP contribution is 2.22. The van der Waals surface area contributed by atoms with E-state index in [-0.39, 0.29) is 0 Å². The molecule has 0 saturated carbocycles. The molecule has 5 heteroatoms. The first kappa shape index (κ1) is 10.0. The lowest BCUT2D eigenvalue weighted by molar-refractivity contribution is -0.0958. The van der Waals surface area contributed by atoms with Gasteiger partial charge in [-0.15, -0.1) is 0 Å². The van der Waals surface area contributed by atoms with Crippen molar-refractivity contribution in [1.82, 2.24) is 5.32 Å². The molecule has 0 amide bonds. The number of aliphatic imine (C=N–C) groups is 1. The Labute approximate surface area is 62.8 Å². The Morgan fingerprint density at radius 1 is 1.45 bits per heavy atom. The summed E-state index contributed by atoms with van der Waals surface area (Å²) in [6.07, 6.45) is -2.37. The van der Waals surface area contributed by atoms with Gasteiger partial charge in [-0.3, -0.25) is 4.99 Å². The second kappa shape index (κ2) is 4.00. The fourth-order valence-electron chi connectivity index (χ4n) is 0.469. The molecule has 0 aromatic carbocycles. The molecule has 0 aliphatic rings. The molecule has 0 saturated heterocycles. The molecule has 0 heterocycles. The number of allylic oxidation sites excluding steroid dienone is 2. The van der Waals surface area contributed by atoms with Gasteiger partial charge in [0.15, 0.2) is 0 Å². The fraction of sp³-hybridized carbons (Fsp3) is 0.500. The minimum absolute atomic E-state index is 0.803. The number of nitrogens with one attached hydrogen (secondary N) is 1. The van der Waals surface area contributed by atoms with E-state index >= 15 is 0 Å². The highest BCUT2D eigenvalue weighted by molar-refractivity contribution is 5.72. The van der Waals surface area contributed by atoms with Crippen molar-refractivity contribution in [3.05, 3.63) is 11.8 Å². The van der Waals surface area contributed by atoms with Crippen molar-refractivity contribution in [3.8, 4) is 0 Å². The van der Waals surface area contributed by atoms with E-state index in [9.17, 15) is 13.2 Å². The summed E-state index contributed by atoms with van der Waals surface area (Å²) in [6, 6.07) is 0. The van der Waals surface area contributed by atoms with E-state index < -0.39 is 11.9 Å². The van der Waals surface area contributed by atoms with Crippen LogP contribution in [0.25, 0.3) is 0 Å². The van der Waals surface area contributed by atoms with Gasteiger partial charge in [0.25, 0.3) is 0 Å². The molecule has 0 aromatic rings. The molecule has 2 nitrogen and oxygen atoms in total. The van der Waals surface area contributed by atoms with Crippen molar-refractivity contribution < 1.29 is 13.2 Å². The van der Waals surface area contributed by atoms with E-state index in [0.717, 1.165) is 12.3 Å². The summed E-state index contributed by atoms with van der Waals surface area (Å²) in [6.45, 7) is 0. The van der Waals surface area contributed by atoms with E-state index in [1.54, 1.807) is 0 Å². The molecule has 0 radical (unpaired) electrons. The van der Waals surface area contributed by atoms with Crippen molar-refractivity contribution in [1.29, 1.82) is 0 Å². The largest absolute Gasteiger partial charge is 0.430 e. The molecular weight excluding hydrogens is 157 g/mol. The summed E-state index contributed by atoms with van der Waals surface area (Å²) in [4.78, 5) is 3.40. The van der Waals surface area contributed by atoms with Crippen molar-refractivity contribution in [3.63, 3.8) is 0 Å². The third-order valence-electron chi connectivity index (χ3n) is 0.965. The maximum Gasteiger partial charge on any atom is 0.430 e. The van der Waals surface area contributed by atoms with E-state index in [0.29, 0.717) is 0 Å². The zero-order chi connectivity index (χ0) is 8.91. The van der Waals surface area contributed by atoms with E-state index in [4.69, 9.17) is 0 Å². The first-order chi connectivity index (χ1) is 5.02. The maximum atomic E-state index is 11.9. The highest BCUT2D eigenvalue weighted by Gasteiger charge is 2.32. The van der Waals surface area contributed by atoms with Crippen molar-refractivity contribution >= 4 is 6.21 Å². The Balaban J connectivity index is 4.40. The molecule has 0 aromatic heterocycles. The van der Waals surface area contributed by atoms with Gasteiger partial charge >= 0.3 is 6.18 Å². The molecule has 0 bridgehead atoms. The Kier molecular flexibility index (Phi) is 3.64. The highest BCUT2D eigenvalue weighted by atomic mass is 19.4. The Morgan fingerprint density at radius 3 is 2.27 bits per heavy atom. The molecule has 0 fully saturated rings. The zero-order valence-corrected chi connectivity index (χ0v) is 6.24. The molecule has 0 spiro atoms. The lowest BCUT2D eigenvalue weighted by atomic mass is 10.4. The van der Waals surface area contributed by atoms with Crippen LogP contribution in [0.3, 0.4) is 0 Å². The quantitative estimate of drug-likeness (QED) is 0.615. The molecule has 0 unspecified atom stereocenters. The summed E-state index contributed by atoms with van der Waals surface area (Å²) in [5.41, 5.74) is -0.803. The van der Waals surface area contributed by atoms with Crippen LogP contribution in [0.15, 0.2) is 16.8 Å². The number of nitrogens with zero attached hydrogens (tertiary/aromatic N) is 1. The number of halogens is 3. The van der Waals surface area contributed by atoms with Crippen LogP contribution in [0.2, 0.25) is 0 Å². The van der Waals surface area contributed by atoms with Crippen LogP contribution in [-0.4, -0.2) is 26.5 Å². The van der Waals surface area contributed by atoms with Gasteiger partial charge in [-0.2, -0.15) is 13.2 Å². The SMILES string of the molecule is CN=C/C=C(\NC)C(F)(F)F. The third kappa shape index (κ3) is 3.64. The molecule has 0 aliphatic carbocycles. The molecule has 64 valence electrons. The van der Waals surface area contributed by atoms with Crippen LogP contribution < -0.4 is 5.32 Å². The molecule has 0 rings (SSSR count). The van der Waals surface area contributed by atoms with Crippen LogP contribution >= 0.6 is 0 Å². The first-order valence-corrected chi connectivity index (χ1v) is 2.89. The minimum atomic E-state index is -4.32. The average Bonchev–Trinajstić information content (AvgIpc) is 1.87. The molecule has 0 aliphatic heterocycles. The van der Waals surface area contributed by atoms with Crippen LogP contribution in [0.1, 0.15) is 0 Å². The molecule has 1 N–H and O–H groups in total. The van der Waals surface area contributed by atoms with Gasteiger partial charge in [0.1, 0.15) is 5.70 Å². The smallest absolute Gasteiger partial charge is 0.384 e. The minimum Gasteiger partial charge on any atom is -0.384 e. The fourth-order valence-corrected chi connectivity index (χ4v) is 0.469. The van der Waals surface area contributed by atoms with Gasteiger partial charge in [-0.25, -0.2) is 0 Å². The Morgan fingerprint density at radius 2 is 2.00 bits per heavy atom. The summed E-state index contributed by atoms with van der Waals surface area (Å²) in [7, 11) is 2.61. The van der Waals surface area contributed by atoms with Crippen LogP contribution in [0.4, 0.5) is 13.2 Å². The second-order valence-corrected chi connectivity index (χ2v) is 1.74. The molecule has 0 atom stereocenters. The van der Waals surface area contributed by atoms with Crippen LogP contribution in [0.5, 0.6) is 0 Å². The summed E-state index contributed by atoms with van der Waals surface area (Å²) in [5, 5.41) is 2.02. The normalized spacial score (nSPS) is 14.1.